The zero-order chi connectivity index (χ0) is 21.5. The Bertz CT molecular complexity index is 1340. The highest BCUT2D eigenvalue weighted by Crippen LogP contribution is 2.38. The van der Waals surface area contributed by atoms with Crippen molar-refractivity contribution < 1.29 is 0 Å². The summed E-state index contributed by atoms with van der Waals surface area (Å²) >= 11 is 3.56. The SMILES string of the molecule is CSc1ccc2c(c1)c1cc(SC)ccc1n2-c1c(C)cc(-c2ncncn2)cc1C. The van der Waals surface area contributed by atoms with Crippen LogP contribution in [-0.4, -0.2) is 32.0 Å². The Labute approximate surface area is 190 Å². The third-order valence-electron chi connectivity index (χ3n) is 5.65. The highest BCUT2D eigenvalue weighted by molar-refractivity contribution is 7.98. The monoisotopic (exact) mass is 442 g/mol. The second-order valence-electron chi connectivity index (χ2n) is 7.52. The van der Waals surface area contributed by atoms with E-state index < -0.39 is 0 Å². The van der Waals surface area contributed by atoms with Crippen molar-refractivity contribution >= 4 is 45.3 Å². The van der Waals surface area contributed by atoms with Gasteiger partial charge in [0.2, 0.25) is 0 Å². The maximum atomic E-state index is 4.33. The van der Waals surface area contributed by atoms with Crippen LogP contribution in [0.5, 0.6) is 0 Å². The number of thioether (sulfide) groups is 2. The summed E-state index contributed by atoms with van der Waals surface area (Å²) in [6.07, 6.45) is 7.34. The van der Waals surface area contributed by atoms with Crippen molar-refractivity contribution in [2.24, 2.45) is 0 Å². The van der Waals surface area contributed by atoms with Crippen LogP contribution in [0.4, 0.5) is 0 Å². The van der Waals surface area contributed by atoms with Crippen LogP contribution in [0.2, 0.25) is 0 Å². The number of hydrogen-bond acceptors (Lipinski definition) is 5. The maximum absolute atomic E-state index is 4.33. The lowest BCUT2D eigenvalue weighted by molar-refractivity contribution is 1.05. The standard InChI is InChI=1S/C25H22N4S2/c1-15-9-17(25-27-13-26-14-28-25)10-16(2)24(15)29-22-7-5-18(30-3)11-20(22)21-12-19(31-4)6-8-23(21)29/h5-14H,1-4H3. The largest absolute Gasteiger partial charge is 0.309 e. The van der Waals surface area contributed by atoms with Gasteiger partial charge in [-0.15, -0.1) is 23.5 Å². The fraction of sp³-hybridized carbons (Fsp3) is 0.160. The van der Waals surface area contributed by atoms with E-state index in [1.54, 1.807) is 36.2 Å². The summed E-state index contributed by atoms with van der Waals surface area (Å²) in [5.74, 6) is 0.698. The molecule has 2 aromatic heterocycles. The topological polar surface area (TPSA) is 43.6 Å². The molecule has 4 nitrogen and oxygen atoms in total. The van der Waals surface area contributed by atoms with E-state index in [4.69, 9.17) is 0 Å². The van der Waals surface area contributed by atoms with Gasteiger partial charge in [-0.25, -0.2) is 15.0 Å². The number of benzene rings is 3. The van der Waals surface area contributed by atoms with E-state index in [1.807, 2.05) is 0 Å². The van der Waals surface area contributed by atoms with Gasteiger partial charge in [0, 0.05) is 26.1 Å². The van der Waals surface area contributed by atoms with Gasteiger partial charge in [0.1, 0.15) is 12.7 Å². The minimum Gasteiger partial charge on any atom is -0.309 e. The third-order valence-corrected chi connectivity index (χ3v) is 7.10. The predicted octanol–water partition coefficient (Wildman–Crippen LogP) is 6.70. The number of aryl methyl sites for hydroxylation is 2. The molecule has 0 atom stereocenters. The van der Waals surface area contributed by atoms with E-state index in [0.29, 0.717) is 5.82 Å². The molecule has 0 aliphatic carbocycles. The van der Waals surface area contributed by atoms with Gasteiger partial charge < -0.3 is 4.57 Å². The van der Waals surface area contributed by atoms with E-state index >= 15 is 0 Å². The molecule has 31 heavy (non-hydrogen) atoms. The average Bonchev–Trinajstić information content (AvgIpc) is 3.12. The summed E-state index contributed by atoms with van der Waals surface area (Å²) in [5.41, 5.74) is 7.06. The molecule has 0 saturated carbocycles. The third kappa shape index (κ3) is 3.40. The van der Waals surface area contributed by atoms with Gasteiger partial charge >= 0.3 is 0 Å². The molecule has 0 saturated heterocycles. The summed E-state index contributed by atoms with van der Waals surface area (Å²) in [7, 11) is 0. The zero-order valence-corrected chi connectivity index (χ0v) is 19.5. The molecular formula is C25H22N4S2. The number of hydrogen-bond donors (Lipinski definition) is 0. The number of rotatable bonds is 4. The molecule has 6 heteroatoms. The smallest absolute Gasteiger partial charge is 0.162 e. The summed E-state index contributed by atoms with van der Waals surface area (Å²) in [6, 6.07) is 17.9. The van der Waals surface area contributed by atoms with Crippen LogP contribution in [0.25, 0.3) is 38.9 Å². The Balaban J connectivity index is 1.82. The first-order valence-electron chi connectivity index (χ1n) is 10.0. The quantitative estimate of drug-likeness (QED) is 0.290. The van der Waals surface area contributed by atoms with Crippen LogP contribution in [0.15, 0.2) is 71.0 Å². The summed E-state index contributed by atoms with van der Waals surface area (Å²) in [6.45, 7) is 4.33. The molecule has 5 rings (SSSR count). The molecule has 3 aromatic carbocycles. The Kier molecular flexibility index (Phi) is 5.20. The molecule has 154 valence electrons. The first-order chi connectivity index (χ1) is 15.1. The summed E-state index contributed by atoms with van der Waals surface area (Å²) in [4.78, 5) is 15.2. The molecule has 0 amide bonds. The van der Waals surface area contributed by atoms with Gasteiger partial charge in [-0.1, -0.05) is 0 Å². The molecule has 5 aromatic rings. The number of fused-ring (bicyclic) bond motifs is 3. The second kappa shape index (κ2) is 8.02. The summed E-state index contributed by atoms with van der Waals surface area (Å²) in [5, 5.41) is 2.58. The molecular weight excluding hydrogens is 420 g/mol. The van der Waals surface area contributed by atoms with Crippen LogP contribution in [0.1, 0.15) is 11.1 Å². The van der Waals surface area contributed by atoms with E-state index in [-0.39, 0.29) is 0 Å². The van der Waals surface area contributed by atoms with Gasteiger partial charge in [0.25, 0.3) is 0 Å². The van der Waals surface area contributed by atoms with Crippen LogP contribution >= 0.6 is 23.5 Å². The molecule has 0 radical (unpaired) electrons. The van der Waals surface area contributed by atoms with Crippen LogP contribution < -0.4 is 0 Å². The van der Waals surface area contributed by atoms with Crippen molar-refractivity contribution in [1.29, 1.82) is 0 Å². The van der Waals surface area contributed by atoms with Gasteiger partial charge in [0.05, 0.1) is 16.7 Å². The van der Waals surface area contributed by atoms with Crippen molar-refractivity contribution in [2.75, 3.05) is 12.5 Å². The first kappa shape index (κ1) is 20.1. The second-order valence-corrected chi connectivity index (χ2v) is 9.28. The Morgan fingerprint density at radius 3 is 1.71 bits per heavy atom. The Morgan fingerprint density at radius 1 is 0.710 bits per heavy atom. The molecule has 0 bridgehead atoms. The van der Waals surface area contributed by atoms with Crippen molar-refractivity contribution in [3.8, 4) is 17.1 Å². The van der Waals surface area contributed by atoms with Crippen molar-refractivity contribution in [3.05, 3.63) is 72.3 Å². The first-order valence-corrected chi connectivity index (χ1v) is 12.5. The minimum atomic E-state index is 0.698. The van der Waals surface area contributed by atoms with E-state index in [0.717, 1.165) is 5.56 Å². The Hall–Kier alpha value is -2.83. The lowest BCUT2D eigenvalue weighted by Crippen LogP contribution is -2.01. The highest BCUT2D eigenvalue weighted by atomic mass is 32.2. The fourth-order valence-corrected chi connectivity index (χ4v) is 5.18. The van der Waals surface area contributed by atoms with Gasteiger partial charge in [-0.3, -0.25) is 0 Å². The lowest BCUT2D eigenvalue weighted by Gasteiger charge is -2.16. The molecule has 0 aliphatic heterocycles. The molecule has 0 N–H and O–H groups in total. The van der Waals surface area contributed by atoms with Crippen molar-refractivity contribution in [2.45, 2.75) is 23.6 Å². The maximum Gasteiger partial charge on any atom is 0.162 e. The van der Waals surface area contributed by atoms with Crippen molar-refractivity contribution in [3.63, 3.8) is 0 Å². The average molecular weight is 443 g/mol. The predicted molar refractivity (Wildman–Crippen MR) is 133 cm³/mol. The zero-order valence-electron chi connectivity index (χ0n) is 17.9. The normalized spacial score (nSPS) is 11.5. The van der Waals surface area contributed by atoms with Crippen LogP contribution in [-0.2, 0) is 0 Å². The van der Waals surface area contributed by atoms with Crippen LogP contribution in [0, 0.1) is 13.8 Å². The lowest BCUT2D eigenvalue weighted by atomic mass is 10.0. The van der Waals surface area contributed by atoms with Gasteiger partial charge in [-0.05, 0) is 86.0 Å². The molecule has 2 heterocycles. The van der Waals surface area contributed by atoms with E-state index in [9.17, 15) is 0 Å². The van der Waals surface area contributed by atoms with Crippen LogP contribution in [0.3, 0.4) is 0 Å². The summed E-state index contributed by atoms with van der Waals surface area (Å²) < 4.78 is 2.40. The van der Waals surface area contributed by atoms with Gasteiger partial charge in [0.15, 0.2) is 5.82 Å². The fourth-order valence-electron chi connectivity index (χ4n) is 4.30. The van der Waals surface area contributed by atoms with Crippen molar-refractivity contribution in [1.82, 2.24) is 19.5 Å². The van der Waals surface area contributed by atoms with Gasteiger partial charge in [-0.2, -0.15) is 0 Å². The van der Waals surface area contributed by atoms with E-state index in [1.165, 1.54) is 48.4 Å². The van der Waals surface area contributed by atoms with E-state index in [2.05, 4.69) is 94.4 Å². The molecule has 0 spiro atoms. The molecule has 0 unspecified atom stereocenters. The molecule has 0 aliphatic rings. The number of aromatic nitrogens is 4. The molecule has 0 fully saturated rings. The highest BCUT2D eigenvalue weighted by Gasteiger charge is 2.17. The number of nitrogens with zero attached hydrogens (tertiary/aromatic N) is 4. The Morgan fingerprint density at radius 2 is 1.23 bits per heavy atom. The minimum absolute atomic E-state index is 0.698.